The van der Waals surface area contributed by atoms with Gasteiger partial charge in [-0.1, -0.05) is 18.2 Å². The number of amides is 3. The van der Waals surface area contributed by atoms with E-state index < -0.39 is 24.5 Å². The number of hydrogen-bond donors (Lipinski definition) is 3. The number of carbonyl (C=O) groups excluding carboxylic acids is 3. The summed E-state index contributed by atoms with van der Waals surface area (Å²) in [5, 5.41) is 7.40. The molecular formula is C18H19N3O5. The summed E-state index contributed by atoms with van der Waals surface area (Å²) in [7, 11) is 1.36. The van der Waals surface area contributed by atoms with Gasteiger partial charge in [-0.3, -0.25) is 10.1 Å². The smallest absolute Gasteiger partial charge is 0.344 e. The van der Waals surface area contributed by atoms with E-state index in [0.29, 0.717) is 5.75 Å². The molecule has 0 aliphatic rings. The van der Waals surface area contributed by atoms with E-state index in [4.69, 9.17) is 9.47 Å². The fourth-order valence-electron chi connectivity index (χ4n) is 1.88. The molecule has 0 aromatic heterocycles. The van der Waals surface area contributed by atoms with Crippen LogP contribution in [-0.2, 0) is 14.3 Å². The SMILES string of the molecule is CNC(=O)NC(=O)COC(=O)COc1ccc(Nc2ccccc2)cc1. The number of nitrogens with one attached hydrogen (secondary N) is 3. The van der Waals surface area contributed by atoms with Gasteiger partial charge in [0, 0.05) is 18.4 Å². The van der Waals surface area contributed by atoms with E-state index >= 15 is 0 Å². The minimum Gasteiger partial charge on any atom is -0.482 e. The molecule has 2 rings (SSSR count). The third kappa shape index (κ3) is 6.52. The maximum Gasteiger partial charge on any atom is 0.344 e. The van der Waals surface area contributed by atoms with Gasteiger partial charge < -0.3 is 20.1 Å². The fraction of sp³-hybridized carbons (Fsp3) is 0.167. The van der Waals surface area contributed by atoms with Gasteiger partial charge in [-0.05, 0) is 36.4 Å². The molecule has 3 N–H and O–H groups in total. The lowest BCUT2D eigenvalue weighted by molar-refractivity contribution is -0.150. The summed E-state index contributed by atoms with van der Waals surface area (Å²) in [5.41, 5.74) is 1.83. The predicted molar refractivity (Wildman–Crippen MR) is 95.2 cm³/mol. The highest BCUT2D eigenvalue weighted by Gasteiger charge is 2.10. The van der Waals surface area contributed by atoms with Crippen molar-refractivity contribution in [1.29, 1.82) is 0 Å². The molecule has 0 bridgehead atoms. The molecule has 0 heterocycles. The number of hydrogen-bond acceptors (Lipinski definition) is 6. The Kier molecular flexibility index (Phi) is 6.99. The third-order valence-electron chi connectivity index (χ3n) is 3.12. The summed E-state index contributed by atoms with van der Waals surface area (Å²) in [6, 6.07) is 16.0. The number of benzene rings is 2. The number of anilines is 2. The van der Waals surface area contributed by atoms with Crippen molar-refractivity contribution in [3.05, 3.63) is 54.6 Å². The van der Waals surface area contributed by atoms with Gasteiger partial charge >= 0.3 is 12.0 Å². The van der Waals surface area contributed by atoms with Crippen LogP contribution in [0.1, 0.15) is 0 Å². The van der Waals surface area contributed by atoms with Crippen LogP contribution in [0.4, 0.5) is 16.2 Å². The van der Waals surface area contributed by atoms with Crippen molar-refractivity contribution in [1.82, 2.24) is 10.6 Å². The van der Waals surface area contributed by atoms with Crippen molar-refractivity contribution in [2.75, 3.05) is 25.6 Å². The van der Waals surface area contributed by atoms with Crippen LogP contribution in [0.2, 0.25) is 0 Å². The van der Waals surface area contributed by atoms with Gasteiger partial charge in [0.15, 0.2) is 13.2 Å². The second-order valence-corrected chi connectivity index (χ2v) is 5.09. The van der Waals surface area contributed by atoms with E-state index in [1.165, 1.54) is 7.05 Å². The highest BCUT2D eigenvalue weighted by atomic mass is 16.6. The van der Waals surface area contributed by atoms with Gasteiger partial charge in [0.25, 0.3) is 5.91 Å². The van der Waals surface area contributed by atoms with Gasteiger partial charge in [0.2, 0.25) is 0 Å². The second-order valence-electron chi connectivity index (χ2n) is 5.09. The van der Waals surface area contributed by atoms with Crippen LogP contribution >= 0.6 is 0 Å². The lowest BCUT2D eigenvalue weighted by Crippen LogP contribution is -2.40. The second kappa shape index (κ2) is 9.67. The zero-order valence-corrected chi connectivity index (χ0v) is 14.2. The summed E-state index contributed by atoms with van der Waals surface area (Å²) < 4.78 is 10.00. The summed E-state index contributed by atoms with van der Waals surface area (Å²) >= 11 is 0. The summed E-state index contributed by atoms with van der Waals surface area (Å²) in [6.07, 6.45) is 0. The molecule has 0 spiro atoms. The molecule has 26 heavy (non-hydrogen) atoms. The first-order chi connectivity index (χ1) is 12.6. The van der Waals surface area contributed by atoms with Crippen LogP contribution in [-0.4, -0.2) is 38.2 Å². The van der Waals surface area contributed by atoms with Gasteiger partial charge in [0.05, 0.1) is 0 Å². The monoisotopic (exact) mass is 357 g/mol. The average Bonchev–Trinajstić information content (AvgIpc) is 2.66. The van der Waals surface area contributed by atoms with Crippen molar-refractivity contribution in [3.63, 3.8) is 0 Å². The zero-order valence-electron chi connectivity index (χ0n) is 14.2. The number of para-hydroxylation sites is 1. The molecular weight excluding hydrogens is 338 g/mol. The first-order valence-electron chi connectivity index (χ1n) is 7.79. The van der Waals surface area contributed by atoms with Crippen molar-refractivity contribution in [2.45, 2.75) is 0 Å². The minimum absolute atomic E-state index is 0.348. The molecule has 0 aliphatic heterocycles. The number of esters is 1. The van der Waals surface area contributed by atoms with E-state index in [9.17, 15) is 14.4 Å². The maximum absolute atomic E-state index is 11.5. The molecule has 0 radical (unpaired) electrons. The Morgan fingerprint density at radius 1 is 0.885 bits per heavy atom. The molecule has 0 atom stereocenters. The van der Waals surface area contributed by atoms with Crippen molar-refractivity contribution < 1.29 is 23.9 Å². The van der Waals surface area contributed by atoms with Crippen LogP contribution in [0.25, 0.3) is 0 Å². The number of ether oxygens (including phenoxy) is 2. The molecule has 2 aromatic carbocycles. The van der Waals surface area contributed by atoms with Crippen molar-refractivity contribution in [3.8, 4) is 5.75 Å². The Bertz CT molecular complexity index is 747. The Balaban J connectivity index is 1.72. The van der Waals surface area contributed by atoms with Gasteiger partial charge in [-0.25, -0.2) is 9.59 Å². The fourth-order valence-corrected chi connectivity index (χ4v) is 1.88. The average molecular weight is 357 g/mol. The third-order valence-corrected chi connectivity index (χ3v) is 3.12. The predicted octanol–water partition coefficient (Wildman–Crippen LogP) is 1.81. The van der Waals surface area contributed by atoms with E-state index in [2.05, 4.69) is 10.6 Å². The maximum atomic E-state index is 11.5. The zero-order chi connectivity index (χ0) is 18.8. The molecule has 3 amide bonds. The Hall–Kier alpha value is -3.55. The molecule has 0 aliphatic carbocycles. The highest BCUT2D eigenvalue weighted by Crippen LogP contribution is 2.19. The quantitative estimate of drug-likeness (QED) is 0.653. The molecule has 136 valence electrons. The minimum atomic E-state index is -0.728. The van der Waals surface area contributed by atoms with E-state index in [1.54, 1.807) is 12.1 Å². The van der Waals surface area contributed by atoms with Crippen LogP contribution in [0.3, 0.4) is 0 Å². The number of imide groups is 1. The Labute approximate surface area is 150 Å². The van der Waals surface area contributed by atoms with Crippen molar-refractivity contribution >= 4 is 29.3 Å². The number of carbonyl (C=O) groups is 3. The lowest BCUT2D eigenvalue weighted by Gasteiger charge is -2.09. The van der Waals surface area contributed by atoms with Crippen LogP contribution in [0.15, 0.2) is 54.6 Å². The summed E-state index contributed by atoms with van der Waals surface area (Å²) in [6.45, 7) is -0.908. The Morgan fingerprint density at radius 2 is 1.54 bits per heavy atom. The van der Waals surface area contributed by atoms with Crippen molar-refractivity contribution in [2.24, 2.45) is 0 Å². The van der Waals surface area contributed by atoms with Gasteiger partial charge in [0.1, 0.15) is 5.75 Å². The van der Waals surface area contributed by atoms with Crippen LogP contribution in [0, 0.1) is 0 Å². The number of urea groups is 1. The summed E-state index contributed by atoms with van der Waals surface area (Å²) in [5.74, 6) is -0.965. The summed E-state index contributed by atoms with van der Waals surface area (Å²) in [4.78, 5) is 33.7. The van der Waals surface area contributed by atoms with Crippen LogP contribution < -0.4 is 20.7 Å². The van der Waals surface area contributed by atoms with Gasteiger partial charge in [-0.2, -0.15) is 0 Å². The molecule has 2 aromatic rings. The molecule has 0 unspecified atom stereocenters. The topological polar surface area (TPSA) is 106 Å². The first-order valence-corrected chi connectivity index (χ1v) is 7.79. The van der Waals surface area contributed by atoms with Gasteiger partial charge in [-0.15, -0.1) is 0 Å². The van der Waals surface area contributed by atoms with E-state index in [1.807, 2.05) is 47.8 Å². The number of rotatable bonds is 7. The largest absolute Gasteiger partial charge is 0.482 e. The lowest BCUT2D eigenvalue weighted by atomic mass is 10.2. The Morgan fingerprint density at radius 3 is 2.19 bits per heavy atom. The molecule has 0 fully saturated rings. The molecule has 0 saturated heterocycles. The van der Waals surface area contributed by atoms with E-state index in [-0.39, 0.29) is 6.61 Å². The first kappa shape index (κ1) is 18.8. The molecule has 8 heteroatoms. The normalized spacial score (nSPS) is 9.73. The highest BCUT2D eigenvalue weighted by molar-refractivity contribution is 5.95. The molecule has 8 nitrogen and oxygen atoms in total. The molecule has 0 saturated carbocycles. The van der Waals surface area contributed by atoms with E-state index in [0.717, 1.165) is 11.4 Å². The standard InChI is InChI=1S/C18H19N3O5/c1-19-18(24)21-16(22)11-26-17(23)12-25-15-9-7-14(8-10-15)20-13-5-3-2-4-6-13/h2-10,20H,11-12H2,1H3,(H2,19,21,22,24). The van der Waals surface area contributed by atoms with Crippen LogP contribution in [0.5, 0.6) is 5.75 Å².